The average molecular weight is 356 g/mol. The van der Waals surface area contributed by atoms with Crippen LogP contribution < -0.4 is 5.32 Å². The highest BCUT2D eigenvalue weighted by Crippen LogP contribution is 2.27. The minimum absolute atomic E-state index is 0.144. The molecular weight excluding hydrogens is 350 g/mol. The first-order chi connectivity index (χ1) is 9.88. The third-order valence-corrected chi connectivity index (χ3v) is 3.02. The topological polar surface area (TPSA) is 136 Å². The van der Waals surface area contributed by atoms with Crippen molar-refractivity contribution < 1.29 is 24.1 Å². The van der Waals surface area contributed by atoms with Crippen LogP contribution in [0, 0.1) is 10.1 Å². The van der Waals surface area contributed by atoms with E-state index in [1.165, 1.54) is 18.2 Å². The van der Waals surface area contributed by atoms with Crippen molar-refractivity contribution in [2.75, 3.05) is 5.32 Å². The van der Waals surface area contributed by atoms with Gasteiger partial charge in [-0.1, -0.05) is 5.16 Å². The second-order valence-electron chi connectivity index (χ2n) is 3.76. The molecule has 0 spiro atoms. The second kappa shape index (κ2) is 5.71. The van der Waals surface area contributed by atoms with E-state index in [9.17, 15) is 19.7 Å². The number of aromatic carboxylic acids is 1. The summed E-state index contributed by atoms with van der Waals surface area (Å²) in [6, 6.07) is 4.74. The number of anilines is 1. The van der Waals surface area contributed by atoms with E-state index in [1.807, 2.05) is 0 Å². The maximum atomic E-state index is 11.8. The molecule has 0 saturated heterocycles. The largest absolute Gasteiger partial charge is 0.475 e. The molecule has 1 aromatic carbocycles. The summed E-state index contributed by atoms with van der Waals surface area (Å²) in [6.45, 7) is 0. The molecule has 0 aliphatic rings. The predicted molar refractivity (Wildman–Crippen MR) is 72.2 cm³/mol. The molecule has 0 unspecified atom stereocenters. The monoisotopic (exact) mass is 355 g/mol. The summed E-state index contributed by atoms with van der Waals surface area (Å²) < 4.78 is 4.75. The number of nitro benzene ring substituents is 1. The molecule has 21 heavy (non-hydrogen) atoms. The fourth-order valence-electron chi connectivity index (χ4n) is 1.39. The van der Waals surface area contributed by atoms with E-state index in [1.54, 1.807) is 0 Å². The zero-order valence-corrected chi connectivity index (χ0v) is 11.7. The van der Waals surface area contributed by atoms with Gasteiger partial charge in [0.15, 0.2) is 5.69 Å². The molecule has 0 radical (unpaired) electrons. The Bertz CT molecular complexity index is 741. The second-order valence-corrected chi connectivity index (χ2v) is 4.61. The highest BCUT2D eigenvalue weighted by molar-refractivity contribution is 9.10. The SMILES string of the molecule is O=C(Nc1ccc([N+](=O)[O-])cc1Br)c1cc(C(=O)O)on1. The fourth-order valence-corrected chi connectivity index (χ4v) is 1.85. The number of carbonyl (C=O) groups excluding carboxylic acids is 1. The minimum Gasteiger partial charge on any atom is -0.475 e. The smallest absolute Gasteiger partial charge is 0.374 e. The molecule has 10 heteroatoms. The molecule has 0 atom stereocenters. The van der Waals surface area contributed by atoms with Crippen LogP contribution in [0.25, 0.3) is 0 Å². The maximum absolute atomic E-state index is 11.8. The van der Waals surface area contributed by atoms with Crippen molar-refractivity contribution in [3.63, 3.8) is 0 Å². The molecule has 1 aromatic heterocycles. The number of carboxylic acids is 1. The van der Waals surface area contributed by atoms with E-state index < -0.39 is 22.6 Å². The van der Waals surface area contributed by atoms with E-state index in [-0.39, 0.29) is 17.1 Å². The molecule has 2 rings (SSSR count). The molecule has 108 valence electrons. The lowest BCUT2D eigenvalue weighted by molar-refractivity contribution is -0.384. The number of nitrogens with one attached hydrogen (secondary N) is 1. The predicted octanol–water partition coefficient (Wildman–Crippen LogP) is 2.30. The van der Waals surface area contributed by atoms with Crippen LogP contribution in [0.3, 0.4) is 0 Å². The third kappa shape index (κ3) is 3.23. The van der Waals surface area contributed by atoms with Gasteiger partial charge in [0.05, 0.1) is 10.6 Å². The Kier molecular flexibility index (Phi) is 3.98. The highest BCUT2D eigenvalue weighted by atomic mass is 79.9. The van der Waals surface area contributed by atoms with Crippen molar-refractivity contribution in [2.45, 2.75) is 0 Å². The first kappa shape index (κ1) is 14.7. The van der Waals surface area contributed by atoms with Crippen LogP contribution in [0.1, 0.15) is 21.0 Å². The molecule has 0 aliphatic heterocycles. The number of nitro groups is 1. The third-order valence-electron chi connectivity index (χ3n) is 2.37. The number of amides is 1. The average Bonchev–Trinajstić information content (AvgIpc) is 2.90. The van der Waals surface area contributed by atoms with Crippen molar-refractivity contribution in [1.29, 1.82) is 0 Å². The van der Waals surface area contributed by atoms with Crippen molar-refractivity contribution in [1.82, 2.24) is 5.16 Å². The number of rotatable bonds is 4. The number of halogens is 1. The summed E-state index contributed by atoms with van der Waals surface area (Å²) in [5.74, 6) is -2.53. The van der Waals surface area contributed by atoms with Gasteiger partial charge < -0.3 is 14.9 Å². The molecule has 0 saturated carbocycles. The standard InChI is InChI=1S/C11H6BrN3O6/c12-6-3-5(15(19)20)1-2-7(6)13-10(16)8-4-9(11(17)18)21-14-8/h1-4H,(H,13,16)(H,17,18). The Hall–Kier alpha value is -2.75. The van der Waals surface area contributed by atoms with Gasteiger partial charge in [0.2, 0.25) is 5.76 Å². The van der Waals surface area contributed by atoms with E-state index in [0.717, 1.165) is 6.07 Å². The summed E-state index contributed by atoms with van der Waals surface area (Å²) in [7, 11) is 0. The highest BCUT2D eigenvalue weighted by Gasteiger charge is 2.18. The number of nitrogens with zero attached hydrogens (tertiary/aromatic N) is 2. The van der Waals surface area contributed by atoms with Crippen LogP contribution in [-0.2, 0) is 0 Å². The lowest BCUT2D eigenvalue weighted by atomic mass is 10.2. The number of carbonyl (C=O) groups is 2. The molecule has 1 heterocycles. The number of benzene rings is 1. The molecule has 0 aliphatic carbocycles. The van der Waals surface area contributed by atoms with Gasteiger partial charge in [-0.25, -0.2) is 4.79 Å². The van der Waals surface area contributed by atoms with Gasteiger partial charge in [0.25, 0.3) is 11.6 Å². The van der Waals surface area contributed by atoms with Crippen molar-refractivity contribution >= 4 is 39.2 Å². The molecular formula is C11H6BrN3O6. The number of hydrogen-bond acceptors (Lipinski definition) is 6. The van der Waals surface area contributed by atoms with Crippen molar-refractivity contribution in [2.24, 2.45) is 0 Å². The summed E-state index contributed by atoms with van der Waals surface area (Å²) in [4.78, 5) is 32.5. The van der Waals surface area contributed by atoms with E-state index in [0.29, 0.717) is 4.47 Å². The van der Waals surface area contributed by atoms with Crippen molar-refractivity contribution in [3.8, 4) is 0 Å². The summed E-state index contributed by atoms with van der Waals surface area (Å²) in [5.41, 5.74) is -0.0994. The van der Waals surface area contributed by atoms with Crippen LogP contribution in [-0.4, -0.2) is 27.1 Å². The van der Waals surface area contributed by atoms with Crippen LogP contribution in [0.15, 0.2) is 33.3 Å². The van der Waals surface area contributed by atoms with Gasteiger partial charge in [-0.2, -0.15) is 0 Å². The first-order valence-electron chi connectivity index (χ1n) is 5.34. The van der Waals surface area contributed by atoms with Gasteiger partial charge in [0, 0.05) is 22.7 Å². The number of non-ortho nitro benzene ring substituents is 1. The van der Waals surface area contributed by atoms with Gasteiger partial charge in [-0.05, 0) is 22.0 Å². The Labute approximate surface area is 124 Å². The quantitative estimate of drug-likeness (QED) is 0.634. The van der Waals surface area contributed by atoms with Crippen LogP contribution in [0.4, 0.5) is 11.4 Å². The van der Waals surface area contributed by atoms with Gasteiger partial charge in [-0.3, -0.25) is 14.9 Å². The molecule has 1 amide bonds. The lowest BCUT2D eigenvalue weighted by Gasteiger charge is -2.05. The normalized spacial score (nSPS) is 10.1. The zero-order valence-electron chi connectivity index (χ0n) is 10.1. The number of aromatic nitrogens is 1. The van der Waals surface area contributed by atoms with Crippen LogP contribution >= 0.6 is 15.9 Å². The van der Waals surface area contributed by atoms with Crippen molar-refractivity contribution in [3.05, 3.63) is 50.3 Å². The molecule has 9 nitrogen and oxygen atoms in total. The molecule has 0 fully saturated rings. The number of carboxylic acid groups (broad SMARTS) is 1. The molecule has 2 N–H and O–H groups in total. The van der Waals surface area contributed by atoms with E-state index in [4.69, 9.17) is 5.11 Å². The van der Waals surface area contributed by atoms with Gasteiger partial charge in [-0.15, -0.1) is 0 Å². The Balaban J connectivity index is 2.19. The van der Waals surface area contributed by atoms with E-state index >= 15 is 0 Å². The summed E-state index contributed by atoms with van der Waals surface area (Å²) in [6.07, 6.45) is 0. The van der Waals surface area contributed by atoms with Crippen LogP contribution in [0.5, 0.6) is 0 Å². The van der Waals surface area contributed by atoms with Crippen LogP contribution in [0.2, 0.25) is 0 Å². The maximum Gasteiger partial charge on any atom is 0.374 e. The first-order valence-corrected chi connectivity index (χ1v) is 6.13. The van der Waals surface area contributed by atoms with Gasteiger partial charge in [0.1, 0.15) is 0 Å². The number of hydrogen-bond donors (Lipinski definition) is 2. The Morgan fingerprint density at radius 2 is 2.10 bits per heavy atom. The van der Waals surface area contributed by atoms with Gasteiger partial charge >= 0.3 is 5.97 Å². The Morgan fingerprint density at radius 1 is 1.38 bits per heavy atom. The van der Waals surface area contributed by atoms with E-state index in [2.05, 4.69) is 30.9 Å². The Morgan fingerprint density at radius 3 is 2.62 bits per heavy atom. The molecule has 2 aromatic rings. The minimum atomic E-state index is -1.35. The zero-order chi connectivity index (χ0) is 15.6. The lowest BCUT2D eigenvalue weighted by Crippen LogP contribution is -2.12. The fraction of sp³-hybridized carbons (Fsp3) is 0. The summed E-state index contributed by atoms with van der Waals surface area (Å²) in [5, 5.41) is 25.0. The molecule has 0 bridgehead atoms. The summed E-state index contributed by atoms with van der Waals surface area (Å²) >= 11 is 3.09.